The van der Waals surface area contributed by atoms with Crippen molar-refractivity contribution < 1.29 is 33.3 Å². The van der Waals surface area contributed by atoms with Gasteiger partial charge in [0, 0.05) is 0 Å². The van der Waals surface area contributed by atoms with Gasteiger partial charge in [-0.05, 0) is 134 Å². The number of rotatable bonds is 35. The van der Waals surface area contributed by atoms with Crippen molar-refractivity contribution in [2.45, 2.75) is 168 Å². The molecule has 7 nitrogen and oxygen atoms in total. The molecule has 5 aromatic rings. The van der Waals surface area contributed by atoms with Crippen LogP contribution in [0.5, 0.6) is 23.0 Å². The van der Waals surface area contributed by atoms with E-state index in [9.17, 15) is 9.59 Å². The molecule has 0 spiro atoms. The van der Waals surface area contributed by atoms with Crippen molar-refractivity contribution in [3.05, 3.63) is 132 Å². The highest BCUT2D eigenvalue weighted by atomic mass is 16.5. The summed E-state index contributed by atoms with van der Waals surface area (Å²) in [5, 5.41) is 0. The molecular formula is C61H80O7. The minimum Gasteiger partial charge on any atom is -0.494 e. The van der Waals surface area contributed by atoms with E-state index in [1.54, 1.807) is 36.4 Å². The number of esters is 2. The van der Waals surface area contributed by atoms with Crippen molar-refractivity contribution in [3.8, 4) is 45.3 Å². The molecule has 1 atom stereocenters. The Kier molecular flexibility index (Phi) is 25.3. The summed E-state index contributed by atoms with van der Waals surface area (Å²) in [7, 11) is 0. The zero-order valence-corrected chi connectivity index (χ0v) is 41.7. The monoisotopic (exact) mass is 925 g/mol. The van der Waals surface area contributed by atoms with Crippen LogP contribution in [0.4, 0.5) is 0 Å². The van der Waals surface area contributed by atoms with Crippen LogP contribution in [-0.4, -0.2) is 37.9 Å². The van der Waals surface area contributed by atoms with Crippen LogP contribution in [0.2, 0.25) is 0 Å². The van der Waals surface area contributed by atoms with Crippen molar-refractivity contribution >= 4 is 11.9 Å². The molecule has 0 aliphatic rings. The summed E-state index contributed by atoms with van der Waals surface area (Å²) in [5.41, 5.74) is 5.28. The first-order chi connectivity index (χ1) is 33.4. The van der Waals surface area contributed by atoms with E-state index < -0.39 is 5.97 Å². The van der Waals surface area contributed by atoms with E-state index in [0.717, 1.165) is 80.1 Å². The highest BCUT2D eigenvalue weighted by molar-refractivity contribution is 5.91. The maximum atomic E-state index is 12.9. The maximum Gasteiger partial charge on any atom is 0.343 e. The van der Waals surface area contributed by atoms with Crippen molar-refractivity contribution in [3.63, 3.8) is 0 Å². The van der Waals surface area contributed by atoms with Crippen LogP contribution in [0.1, 0.15) is 183 Å². The quantitative estimate of drug-likeness (QED) is 0.0227. The largest absolute Gasteiger partial charge is 0.494 e. The smallest absolute Gasteiger partial charge is 0.343 e. The summed E-state index contributed by atoms with van der Waals surface area (Å²) in [4.78, 5) is 25.5. The SMILES string of the molecule is CCCCCCCCCCOc1ccc(-c2ccc(OCCCCCCCCCCCOc3ccc(C(=O)Oc4ccc(-c5ccc(C(=O)OC(C)CCCCCC)cc5)cc4)cc3)cc2)cc1. The maximum absolute atomic E-state index is 12.9. The lowest BCUT2D eigenvalue weighted by molar-refractivity contribution is 0.0319. The molecule has 366 valence electrons. The molecule has 0 aliphatic heterocycles. The van der Waals surface area contributed by atoms with Gasteiger partial charge in [-0.15, -0.1) is 0 Å². The topological polar surface area (TPSA) is 80.3 Å². The average Bonchev–Trinajstić information content (AvgIpc) is 3.37. The normalized spacial score (nSPS) is 11.5. The minimum atomic E-state index is -0.422. The van der Waals surface area contributed by atoms with Crippen LogP contribution in [-0.2, 0) is 4.74 Å². The van der Waals surface area contributed by atoms with E-state index in [0.29, 0.717) is 23.5 Å². The van der Waals surface area contributed by atoms with E-state index in [1.165, 1.54) is 114 Å². The molecule has 0 aliphatic carbocycles. The van der Waals surface area contributed by atoms with Gasteiger partial charge in [0.1, 0.15) is 23.0 Å². The van der Waals surface area contributed by atoms with Crippen LogP contribution in [0, 0.1) is 0 Å². The lowest BCUT2D eigenvalue weighted by Gasteiger charge is -2.13. The molecule has 7 heteroatoms. The first-order valence-electron chi connectivity index (χ1n) is 26.2. The Morgan fingerprint density at radius 1 is 0.353 bits per heavy atom. The van der Waals surface area contributed by atoms with E-state index in [4.69, 9.17) is 23.7 Å². The first kappa shape index (κ1) is 53.4. The molecule has 0 heterocycles. The summed E-state index contributed by atoms with van der Waals surface area (Å²) >= 11 is 0. The van der Waals surface area contributed by atoms with E-state index in [1.807, 2.05) is 43.3 Å². The Morgan fingerprint density at radius 2 is 0.647 bits per heavy atom. The van der Waals surface area contributed by atoms with Gasteiger partial charge in [0.05, 0.1) is 37.1 Å². The lowest BCUT2D eigenvalue weighted by atomic mass is 10.0. The molecular weight excluding hydrogens is 845 g/mol. The minimum absolute atomic E-state index is 0.0980. The number of benzene rings is 5. The molecule has 1 unspecified atom stereocenters. The van der Waals surface area contributed by atoms with E-state index >= 15 is 0 Å². The van der Waals surface area contributed by atoms with Gasteiger partial charge < -0.3 is 23.7 Å². The molecule has 5 rings (SSSR count). The molecule has 0 bridgehead atoms. The standard InChI is InChI=1S/C61H80O7/c1-4-6-8-10-11-15-18-22-46-64-56-38-30-51(31-39-56)52-32-40-57(41-33-52)65-47-23-19-16-13-12-14-17-20-24-48-66-58-42-36-55(37-43-58)61(63)68-59-44-34-53(35-45-59)50-26-28-54(29-27-50)60(62)67-49(3)25-21-9-7-5-2/h26-45,49H,4-25,46-48H2,1-3H3. The zero-order chi connectivity index (χ0) is 47.9. The predicted molar refractivity (Wildman–Crippen MR) is 279 cm³/mol. The molecule has 0 N–H and O–H groups in total. The molecule has 0 saturated heterocycles. The Balaban J connectivity index is 0.843. The van der Waals surface area contributed by atoms with Crippen molar-refractivity contribution in [1.29, 1.82) is 0 Å². The second-order valence-corrected chi connectivity index (χ2v) is 18.3. The molecule has 68 heavy (non-hydrogen) atoms. The summed E-state index contributed by atoms with van der Waals surface area (Å²) < 4.78 is 29.3. The molecule has 0 fully saturated rings. The Morgan fingerprint density at radius 3 is 1.04 bits per heavy atom. The fraction of sp³-hybridized carbons (Fsp3) is 0.475. The van der Waals surface area contributed by atoms with Gasteiger partial charge in [-0.3, -0.25) is 0 Å². The Labute approximate surface area is 409 Å². The number of ether oxygens (including phenoxy) is 5. The molecule has 5 aromatic carbocycles. The van der Waals surface area contributed by atoms with Gasteiger partial charge in [0.2, 0.25) is 0 Å². The Bertz CT molecular complexity index is 2090. The van der Waals surface area contributed by atoms with Crippen LogP contribution >= 0.6 is 0 Å². The number of carbonyl (C=O) groups excluding carboxylic acids is 2. The summed E-state index contributed by atoms with van der Waals surface area (Å²) in [6.07, 6.45) is 26.6. The second-order valence-electron chi connectivity index (χ2n) is 18.3. The van der Waals surface area contributed by atoms with Crippen molar-refractivity contribution in [2.75, 3.05) is 19.8 Å². The highest BCUT2D eigenvalue weighted by Gasteiger charge is 2.13. The Hall–Kier alpha value is -5.56. The third kappa shape index (κ3) is 20.8. The predicted octanol–water partition coefficient (Wildman–Crippen LogP) is 17.2. The summed E-state index contributed by atoms with van der Waals surface area (Å²) in [6, 6.07) is 38.8. The lowest BCUT2D eigenvalue weighted by Crippen LogP contribution is -2.15. The molecule has 0 radical (unpaired) electrons. The summed E-state index contributed by atoms with van der Waals surface area (Å²) in [6.45, 7) is 8.62. The van der Waals surface area contributed by atoms with Crippen molar-refractivity contribution in [1.82, 2.24) is 0 Å². The van der Waals surface area contributed by atoms with Crippen LogP contribution in [0.25, 0.3) is 22.3 Å². The van der Waals surface area contributed by atoms with Crippen molar-refractivity contribution in [2.24, 2.45) is 0 Å². The van der Waals surface area contributed by atoms with Gasteiger partial charge in [-0.1, -0.05) is 172 Å². The fourth-order valence-corrected chi connectivity index (χ4v) is 8.27. The summed E-state index contributed by atoms with van der Waals surface area (Å²) in [5.74, 6) is 2.37. The molecule has 0 aromatic heterocycles. The number of unbranched alkanes of at least 4 members (excludes halogenated alkanes) is 18. The molecule has 0 amide bonds. The third-order valence-corrected chi connectivity index (χ3v) is 12.5. The van der Waals surface area contributed by atoms with Crippen LogP contribution in [0.15, 0.2) is 121 Å². The van der Waals surface area contributed by atoms with Gasteiger partial charge in [-0.25, -0.2) is 9.59 Å². The second kappa shape index (κ2) is 32.2. The van der Waals surface area contributed by atoms with Gasteiger partial charge >= 0.3 is 11.9 Å². The molecule has 0 saturated carbocycles. The number of hydrogen-bond donors (Lipinski definition) is 0. The van der Waals surface area contributed by atoms with Gasteiger partial charge in [0.15, 0.2) is 0 Å². The number of carbonyl (C=O) groups is 2. The van der Waals surface area contributed by atoms with Gasteiger partial charge in [-0.2, -0.15) is 0 Å². The van der Waals surface area contributed by atoms with Crippen LogP contribution < -0.4 is 18.9 Å². The van der Waals surface area contributed by atoms with Crippen LogP contribution in [0.3, 0.4) is 0 Å². The van der Waals surface area contributed by atoms with E-state index in [2.05, 4.69) is 62.4 Å². The fourth-order valence-electron chi connectivity index (χ4n) is 8.27. The van der Waals surface area contributed by atoms with Gasteiger partial charge in [0.25, 0.3) is 0 Å². The highest BCUT2D eigenvalue weighted by Crippen LogP contribution is 2.27. The van der Waals surface area contributed by atoms with E-state index in [-0.39, 0.29) is 12.1 Å². The number of hydrogen-bond acceptors (Lipinski definition) is 7. The first-order valence-corrected chi connectivity index (χ1v) is 26.2. The average molecular weight is 925 g/mol. The third-order valence-electron chi connectivity index (χ3n) is 12.5. The zero-order valence-electron chi connectivity index (χ0n) is 41.7.